The molecule has 240 valence electrons. The van der Waals surface area contributed by atoms with Crippen molar-refractivity contribution < 1.29 is 52.7 Å². The molecule has 4 rings (SSSR count). The maximum absolute atomic E-state index is 14.2. The van der Waals surface area contributed by atoms with Crippen molar-refractivity contribution in [3.05, 3.63) is 117 Å². The first kappa shape index (κ1) is 34.0. The molecule has 4 aromatic rings. The van der Waals surface area contributed by atoms with Gasteiger partial charge >= 0.3 is 24.7 Å². The van der Waals surface area contributed by atoms with Crippen LogP contribution in [0.3, 0.4) is 0 Å². The van der Waals surface area contributed by atoms with E-state index in [0.29, 0.717) is 24.3 Å². The zero-order chi connectivity index (χ0) is 33.9. The maximum atomic E-state index is 14.2. The molecule has 0 unspecified atom stereocenters. The number of aryl methyl sites for hydroxylation is 4. The SMILES string of the molecule is Cc1cc([B-](c2cc(C)cc(C(F)(F)F)c2)(c2cc(C)cc(C(F)(F)F)c2)c2cc(C)cc(C(F)(F)F)c2)cc(C(F)(F)F)c1. The van der Waals surface area contributed by atoms with Crippen molar-refractivity contribution in [2.45, 2.75) is 52.4 Å². The van der Waals surface area contributed by atoms with E-state index in [2.05, 4.69) is 0 Å². The van der Waals surface area contributed by atoms with Crippen molar-refractivity contribution in [1.29, 1.82) is 0 Å². The monoisotopic (exact) mass is 647 g/mol. The third-order valence-electron chi connectivity index (χ3n) is 7.71. The Bertz CT molecular complexity index is 1480. The van der Waals surface area contributed by atoms with Gasteiger partial charge in [-0.25, -0.2) is 0 Å². The molecule has 0 aliphatic rings. The molecule has 0 radical (unpaired) electrons. The second-order valence-corrected chi connectivity index (χ2v) is 11.4. The average molecular weight is 647 g/mol. The van der Waals surface area contributed by atoms with Crippen LogP contribution in [0.4, 0.5) is 52.7 Å². The molecular formula is C32H24BF12-. The van der Waals surface area contributed by atoms with Crippen LogP contribution in [0.2, 0.25) is 0 Å². The topological polar surface area (TPSA) is 0 Å². The van der Waals surface area contributed by atoms with E-state index in [1.54, 1.807) is 0 Å². The van der Waals surface area contributed by atoms with E-state index in [9.17, 15) is 52.7 Å². The quantitative estimate of drug-likeness (QED) is 0.154. The number of alkyl halides is 12. The smallest absolute Gasteiger partial charge is 0.194 e. The number of rotatable bonds is 4. The van der Waals surface area contributed by atoms with Crippen molar-refractivity contribution >= 4 is 28.0 Å². The van der Waals surface area contributed by atoms with Crippen LogP contribution in [0, 0.1) is 27.7 Å². The van der Waals surface area contributed by atoms with Gasteiger partial charge in [-0.1, -0.05) is 70.8 Å². The predicted octanol–water partition coefficient (Wildman–Crippen LogP) is 8.37. The van der Waals surface area contributed by atoms with Crippen molar-refractivity contribution in [1.82, 2.24) is 0 Å². The van der Waals surface area contributed by atoms with Crippen molar-refractivity contribution in [3.8, 4) is 0 Å². The predicted molar refractivity (Wildman–Crippen MR) is 149 cm³/mol. The van der Waals surface area contributed by atoms with Crippen molar-refractivity contribution in [3.63, 3.8) is 0 Å². The molecule has 0 bridgehead atoms. The second kappa shape index (κ2) is 11.2. The lowest BCUT2D eigenvalue weighted by Crippen LogP contribution is -2.75. The Morgan fingerprint density at radius 1 is 0.311 bits per heavy atom. The van der Waals surface area contributed by atoms with Crippen LogP contribution in [0.25, 0.3) is 0 Å². The molecule has 0 N–H and O–H groups in total. The second-order valence-electron chi connectivity index (χ2n) is 11.4. The molecule has 45 heavy (non-hydrogen) atoms. The summed E-state index contributed by atoms with van der Waals surface area (Å²) in [5.74, 6) is 0. The van der Waals surface area contributed by atoms with Gasteiger partial charge in [0, 0.05) is 0 Å². The molecule has 13 heteroatoms. The van der Waals surface area contributed by atoms with Gasteiger partial charge in [0.25, 0.3) is 0 Å². The van der Waals surface area contributed by atoms with E-state index < -0.39 is 75.0 Å². The molecule has 0 fully saturated rings. The molecule has 0 amide bonds. The van der Waals surface area contributed by atoms with Gasteiger partial charge in [-0.15, -0.1) is 0 Å². The van der Waals surface area contributed by atoms with Crippen LogP contribution in [0.15, 0.2) is 72.8 Å². The number of hydrogen-bond donors (Lipinski definition) is 0. The van der Waals surface area contributed by atoms with Crippen LogP contribution in [-0.4, -0.2) is 6.15 Å². The first-order valence-electron chi connectivity index (χ1n) is 13.4. The highest BCUT2D eigenvalue weighted by Gasteiger charge is 2.41. The summed E-state index contributed by atoms with van der Waals surface area (Å²) in [7, 11) is 0. The third-order valence-corrected chi connectivity index (χ3v) is 7.71. The minimum Gasteiger partial charge on any atom is -0.194 e. The lowest BCUT2D eigenvalue weighted by molar-refractivity contribution is -0.138. The summed E-state index contributed by atoms with van der Waals surface area (Å²) in [4.78, 5) is 0. The fraction of sp³-hybridized carbons (Fsp3) is 0.250. The number of hydrogen-bond acceptors (Lipinski definition) is 0. The minimum atomic E-state index is -5.01. The molecule has 0 spiro atoms. The number of halogens is 12. The lowest BCUT2D eigenvalue weighted by atomic mass is 9.12. The Morgan fingerprint density at radius 3 is 0.644 bits per heavy atom. The van der Waals surface area contributed by atoms with E-state index in [4.69, 9.17) is 0 Å². The van der Waals surface area contributed by atoms with E-state index in [1.165, 1.54) is 27.7 Å². The average Bonchev–Trinajstić information content (AvgIpc) is 2.86. The van der Waals surface area contributed by atoms with Crippen molar-refractivity contribution in [2.24, 2.45) is 0 Å². The summed E-state index contributed by atoms with van der Waals surface area (Å²) in [6.07, 6.45) is -23.6. The zero-order valence-corrected chi connectivity index (χ0v) is 24.0. The number of benzene rings is 4. The molecule has 4 aromatic carbocycles. The summed E-state index contributed by atoms with van der Waals surface area (Å²) in [5, 5.41) is 0. The van der Waals surface area contributed by atoms with E-state index in [1.807, 2.05) is 0 Å². The van der Waals surface area contributed by atoms with Crippen molar-refractivity contribution in [2.75, 3.05) is 0 Å². The van der Waals surface area contributed by atoms with Gasteiger partial charge in [0.05, 0.1) is 22.3 Å². The normalized spacial score (nSPS) is 13.3. The van der Waals surface area contributed by atoms with Crippen LogP contribution >= 0.6 is 0 Å². The summed E-state index contributed by atoms with van der Waals surface area (Å²) in [6.45, 7) is 4.97. The standard InChI is InChI=1S/C32H24BF12/c1-17-5-21(29(34,35)36)13-25(9-17)33(26-10-18(2)6-22(14-26)30(37,38)39,27-11-19(3)7-23(15-27)31(40,41)42)28-12-20(4)8-24(16-28)32(43,44)45/h5-16H,1-4H3/q-1. The fourth-order valence-electron chi connectivity index (χ4n) is 6.06. The molecule has 0 nitrogen and oxygen atoms in total. The first-order valence-corrected chi connectivity index (χ1v) is 13.4. The molecule has 0 aliphatic carbocycles. The largest absolute Gasteiger partial charge is 0.416 e. The van der Waals surface area contributed by atoms with Gasteiger partial charge in [-0.3, -0.25) is 0 Å². The molecule has 0 saturated carbocycles. The Morgan fingerprint density at radius 2 is 0.489 bits per heavy atom. The highest BCUT2D eigenvalue weighted by molar-refractivity contribution is 7.20. The zero-order valence-electron chi connectivity index (χ0n) is 24.0. The van der Waals surface area contributed by atoms with Gasteiger partial charge in [0.15, 0.2) is 0 Å². The van der Waals surface area contributed by atoms with Crippen LogP contribution in [0.1, 0.15) is 44.5 Å². The van der Waals surface area contributed by atoms with Crippen LogP contribution in [0.5, 0.6) is 0 Å². The third kappa shape index (κ3) is 6.86. The van der Waals surface area contributed by atoms with Crippen LogP contribution in [-0.2, 0) is 24.7 Å². The summed E-state index contributed by atoms with van der Waals surface area (Å²) in [5.41, 5.74) is -7.05. The van der Waals surface area contributed by atoms with Gasteiger partial charge in [0.1, 0.15) is 6.15 Å². The Labute approximate surface area is 250 Å². The molecule has 0 aromatic heterocycles. The molecule has 0 aliphatic heterocycles. The molecule has 0 heterocycles. The van der Waals surface area contributed by atoms with Crippen LogP contribution < -0.4 is 21.9 Å². The van der Waals surface area contributed by atoms with Gasteiger partial charge in [0.2, 0.25) is 0 Å². The first-order chi connectivity index (χ1) is 20.4. The van der Waals surface area contributed by atoms with Gasteiger partial charge in [-0.05, 0) is 52.0 Å². The van der Waals surface area contributed by atoms with E-state index in [-0.39, 0.29) is 22.3 Å². The lowest BCUT2D eigenvalue weighted by Gasteiger charge is -2.46. The minimum absolute atomic E-state index is 0.0674. The highest BCUT2D eigenvalue weighted by atomic mass is 19.4. The highest BCUT2D eigenvalue weighted by Crippen LogP contribution is 2.34. The van der Waals surface area contributed by atoms with Gasteiger partial charge in [-0.2, -0.15) is 74.5 Å². The maximum Gasteiger partial charge on any atom is 0.416 e. The van der Waals surface area contributed by atoms with E-state index >= 15 is 0 Å². The Balaban J connectivity index is 2.39. The summed E-state index contributed by atoms with van der Waals surface area (Å²) < 4.78 is 170. The Hall–Kier alpha value is -3.90. The molecular weight excluding hydrogens is 623 g/mol. The summed E-state index contributed by atoms with van der Waals surface area (Å²) in [6, 6.07) is 9.83. The Kier molecular flexibility index (Phi) is 8.43. The fourth-order valence-corrected chi connectivity index (χ4v) is 6.06. The molecule has 0 saturated heterocycles. The van der Waals surface area contributed by atoms with E-state index in [0.717, 1.165) is 48.5 Å². The molecule has 0 atom stereocenters. The summed E-state index contributed by atoms with van der Waals surface area (Å²) >= 11 is 0. The van der Waals surface area contributed by atoms with Gasteiger partial charge < -0.3 is 0 Å².